The molecule has 1 atom stereocenters. The van der Waals surface area contributed by atoms with E-state index in [0.717, 1.165) is 51.2 Å². The molecule has 1 aromatic heterocycles. The third-order valence-electron chi connectivity index (χ3n) is 6.30. The van der Waals surface area contributed by atoms with E-state index in [-0.39, 0.29) is 30.4 Å². The zero-order valence-electron chi connectivity index (χ0n) is 18.8. The van der Waals surface area contributed by atoms with Gasteiger partial charge in [0.05, 0.1) is 19.3 Å². The molecule has 3 N–H and O–H groups in total. The molecule has 0 saturated carbocycles. The fourth-order valence-electron chi connectivity index (χ4n) is 4.44. The summed E-state index contributed by atoms with van der Waals surface area (Å²) in [6, 6.07) is 9.46. The van der Waals surface area contributed by atoms with Crippen LogP contribution < -0.4 is 11.1 Å². The summed E-state index contributed by atoms with van der Waals surface area (Å²) < 4.78 is 10.3. The highest BCUT2D eigenvalue weighted by molar-refractivity contribution is 7.71. The molecule has 0 spiro atoms. The maximum atomic E-state index is 12.4. The van der Waals surface area contributed by atoms with E-state index in [2.05, 4.69) is 10.2 Å². The van der Waals surface area contributed by atoms with Crippen molar-refractivity contribution in [2.24, 2.45) is 5.73 Å². The first-order chi connectivity index (χ1) is 16.0. The van der Waals surface area contributed by atoms with Gasteiger partial charge in [-0.05, 0) is 50.0 Å². The molecule has 0 aliphatic carbocycles. The van der Waals surface area contributed by atoms with Crippen LogP contribution in [0.3, 0.4) is 0 Å². The molecule has 10 heteroatoms. The largest absolute Gasteiger partial charge is 0.376 e. The van der Waals surface area contributed by atoms with Crippen molar-refractivity contribution in [2.45, 2.75) is 63.9 Å². The summed E-state index contributed by atoms with van der Waals surface area (Å²) in [5, 5.41) is 7.87. The second-order valence-corrected chi connectivity index (χ2v) is 9.15. The first-order valence-electron chi connectivity index (χ1n) is 11.6. The van der Waals surface area contributed by atoms with Gasteiger partial charge >= 0.3 is 0 Å². The number of nitrogens with one attached hydrogen (secondary N) is 1. The number of benzene rings is 1. The van der Waals surface area contributed by atoms with Crippen LogP contribution in [0, 0.1) is 4.77 Å². The van der Waals surface area contributed by atoms with Gasteiger partial charge < -0.3 is 20.4 Å². The van der Waals surface area contributed by atoms with Crippen molar-refractivity contribution in [1.29, 1.82) is 0 Å². The molecule has 0 bridgehead atoms. The van der Waals surface area contributed by atoms with Crippen LogP contribution in [0.5, 0.6) is 0 Å². The number of piperidine rings is 1. The van der Waals surface area contributed by atoms with Crippen molar-refractivity contribution < 1.29 is 14.3 Å². The van der Waals surface area contributed by atoms with Crippen molar-refractivity contribution in [3.8, 4) is 0 Å². The maximum absolute atomic E-state index is 12.4. The van der Waals surface area contributed by atoms with Gasteiger partial charge in [0.2, 0.25) is 5.91 Å². The van der Waals surface area contributed by atoms with Crippen LogP contribution in [0.1, 0.15) is 48.3 Å². The molecule has 4 rings (SSSR count). The lowest BCUT2D eigenvalue weighted by Gasteiger charge is -2.32. The van der Waals surface area contributed by atoms with Crippen molar-refractivity contribution in [1.82, 2.24) is 24.6 Å². The first kappa shape index (κ1) is 23.6. The third kappa shape index (κ3) is 6.27. The average molecular weight is 473 g/mol. The molecule has 178 valence electrons. The smallest absolute Gasteiger partial charge is 0.251 e. The Kier molecular flexibility index (Phi) is 7.89. The summed E-state index contributed by atoms with van der Waals surface area (Å²) in [7, 11) is 0. The van der Waals surface area contributed by atoms with E-state index in [0.29, 0.717) is 30.0 Å². The molecule has 0 radical (unpaired) electrons. The van der Waals surface area contributed by atoms with E-state index in [1.54, 1.807) is 0 Å². The van der Waals surface area contributed by atoms with Gasteiger partial charge in [-0.3, -0.25) is 14.5 Å². The number of nitrogens with two attached hydrogens (primary N) is 1. The number of carbonyl (C=O) groups excluding carboxylic acids is 2. The van der Waals surface area contributed by atoms with Crippen LogP contribution in [-0.2, 0) is 29.2 Å². The van der Waals surface area contributed by atoms with E-state index >= 15 is 0 Å². The molecule has 2 amide bonds. The van der Waals surface area contributed by atoms with Crippen LogP contribution in [0.15, 0.2) is 30.3 Å². The molecule has 3 heterocycles. The van der Waals surface area contributed by atoms with Crippen molar-refractivity contribution in [2.75, 3.05) is 19.7 Å². The normalized spacial score (nSPS) is 19.6. The standard InChI is InChI=1S/C23H32N6O3S/c24-20(30)8-9-21-26-29(23(33)28(21)15-19-7-4-14-32-19)16-27-12-10-18(11-13-27)25-22(31)17-5-2-1-3-6-17/h1-3,5-6,18-19H,4,7-16H2,(H2,24,30)(H,25,31)/t19-/m1/s1. The molecule has 2 aliphatic rings. The molecule has 2 aliphatic heterocycles. The molecular formula is C23H32N6O3S. The molecule has 2 aromatic rings. The van der Waals surface area contributed by atoms with Gasteiger partial charge in [0, 0.05) is 44.1 Å². The summed E-state index contributed by atoms with van der Waals surface area (Å²) in [5.74, 6) is 0.404. The Balaban J connectivity index is 1.36. The second kappa shape index (κ2) is 11.0. The summed E-state index contributed by atoms with van der Waals surface area (Å²) in [6.07, 6.45) is 4.64. The fraction of sp³-hybridized carbons (Fsp3) is 0.565. The van der Waals surface area contributed by atoms with E-state index in [1.807, 2.05) is 39.6 Å². The average Bonchev–Trinajstić information content (AvgIpc) is 3.43. The number of amides is 2. The minimum atomic E-state index is -0.348. The number of likely N-dealkylation sites (tertiary alicyclic amines) is 1. The number of rotatable bonds is 9. The SMILES string of the molecule is NC(=O)CCc1nn(CN2CCC(NC(=O)c3ccccc3)CC2)c(=S)n1C[C@H]1CCCO1. The van der Waals surface area contributed by atoms with Crippen molar-refractivity contribution in [3.63, 3.8) is 0 Å². The van der Waals surface area contributed by atoms with E-state index in [4.69, 9.17) is 27.8 Å². The van der Waals surface area contributed by atoms with E-state index in [1.165, 1.54) is 0 Å². The number of carbonyl (C=O) groups is 2. The lowest BCUT2D eigenvalue weighted by atomic mass is 10.0. The second-order valence-electron chi connectivity index (χ2n) is 8.78. The Morgan fingerprint density at radius 3 is 2.61 bits per heavy atom. The summed E-state index contributed by atoms with van der Waals surface area (Å²) >= 11 is 5.74. The zero-order chi connectivity index (χ0) is 23.2. The van der Waals surface area contributed by atoms with Crippen molar-refractivity contribution in [3.05, 3.63) is 46.5 Å². The molecule has 2 saturated heterocycles. The Morgan fingerprint density at radius 2 is 1.94 bits per heavy atom. The highest BCUT2D eigenvalue weighted by Gasteiger charge is 2.24. The minimum Gasteiger partial charge on any atom is -0.376 e. The Labute approximate surface area is 198 Å². The number of hydrogen-bond acceptors (Lipinski definition) is 6. The van der Waals surface area contributed by atoms with E-state index in [9.17, 15) is 9.59 Å². The summed E-state index contributed by atoms with van der Waals surface area (Å²) in [6.45, 7) is 3.70. The molecule has 1 aromatic carbocycles. The van der Waals surface area contributed by atoms with Gasteiger partial charge in [-0.1, -0.05) is 18.2 Å². The lowest BCUT2D eigenvalue weighted by molar-refractivity contribution is -0.118. The van der Waals surface area contributed by atoms with Crippen LogP contribution in [0.25, 0.3) is 0 Å². The quantitative estimate of drug-likeness (QED) is 0.540. The van der Waals surface area contributed by atoms with Crippen LogP contribution in [0.2, 0.25) is 0 Å². The number of ether oxygens (including phenoxy) is 1. The fourth-order valence-corrected chi connectivity index (χ4v) is 4.72. The van der Waals surface area contributed by atoms with Gasteiger partial charge in [-0.15, -0.1) is 0 Å². The summed E-state index contributed by atoms with van der Waals surface area (Å²) in [5.41, 5.74) is 6.05. The van der Waals surface area contributed by atoms with Crippen LogP contribution >= 0.6 is 12.2 Å². The Hall–Kier alpha value is -2.56. The van der Waals surface area contributed by atoms with Gasteiger partial charge in [-0.25, -0.2) is 4.68 Å². The first-order valence-corrected chi connectivity index (χ1v) is 12.0. The topological polar surface area (TPSA) is 107 Å². The minimum absolute atomic E-state index is 0.0248. The predicted molar refractivity (Wildman–Crippen MR) is 126 cm³/mol. The number of aryl methyl sites for hydroxylation is 1. The molecule has 0 unspecified atom stereocenters. The highest BCUT2D eigenvalue weighted by atomic mass is 32.1. The maximum Gasteiger partial charge on any atom is 0.251 e. The molecule has 9 nitrogen and oxygen atoms in total. The predicted octanol–water partition coefficient (Wildman–Crippen LogP) is 1.86. The Bertz CT molecular complexity index is 1010. The highest BCUT2D eigenvalue weighted by Crippen LogP contribution is 2.17. The molecular weight excluding hydrogens is 440 g/mol. The van der Waals surface area contributed by atoms with Gasteiger partial charge in [0.25, 0.3) is 5.91 Å². The third-order valence-corrected chi connectivity index (χ3v) is 6.73. The number of nitrogens with zero attached hydrogens (tertiary/aromatic N) is 4. The number of aromatic nitrogens is 3. The summed E-state index contributed by atoms with van der Waals surface area (Å²) in [4.78, 5) is 26.0. The van der Waals surface area contributed by atoms with Gasteiger partial charge in [0.15, 0.2) is 4.77 Å². The monoisotopic (exact) mass is 472 g/mol. The van der Waals surface area contributed by atoms with Crippen LogP contribution in [-0.4, -0.2) is 62.9 Å². The zero-order valence-corrected chi connectivity index (χ0v) is 19.6. The number of primary amides is 1. The lowest BCUT2D eigenvalue weighted by Crippen LogP contribution is -2.45. The van der Waals surface area contributed by atoms with Gasteiger partial charge in [-0.2, -0.15) is 5.10 Å². The molecule has 2 fully saturated rings. The number of hydrogen-bond donors (Lipinski definition) is 2. The van der Waals surface area contributed by atoms with Crippen LogP contribution in [0.4, 0.5) is 0 Å². The van der Waals surface area contributed by atoms with E-state index < -0.39 is 0 Å². The molecule has 33 heavy (non-hydrogen) atoms. The van der Waals surface area contributed by atoms with Gasteiger partial charge in [0.1, 0.15) is 5.82 Å². The van der Waals surface area contributed by atoms with Crippen molar-refractivity contribution >= 4 is 24.0 Å². The Morgan fingerprint density at radius 1 is 1.18 bits per heavy atom.